The minimum absolute atomic E-state index is 0. The van der Waals surface area contributed by atoms with E-state index in [0.717, 1.165) is 5.56 Å². The lowest BCUT2D eigenvalue weighted by Crippen LogP contribution is -1.66. The summed E-state index contributed by atoms with van der Waals surface area (Å²) in [6, 6.07) is 9.60. The predicted molar refractivity (Wildman–Crippen MR) is 43.4 cm³/mol. The Morgan fingerprint density at radius 1 is 1.11 bits per heavy atom. The van der Waals surface area contributed by atoms with E-state index < -0.39 is 0 Å². The summed E-state index contributed by atoms with van der Waals surface area (Å²) < 4.78 is 0. The number of benzene rings is 1. The van der Waals surface area contributed by atoms with Crippen LogP contribution in [0.5, 0.6) is 0 Å². The van der Waals surface area contributed by atoms with Gasteiger partial charge < -0.3 is 0 Å². The van der Waals surface area contributed by atoms with Crippen LogP contribution in [0.1, 0.15) is 5.56 Å². The van der Waals surface area contributed by atoms with Gasteiger partial charge >= 0.3 is 0 Å². The molecule has 0 nitrogen and oxygen atoms in total. The highest BCUT2D eigenvalue weighted by molar-refractivity contribution is 7.59. The largest absolute Gasteiger partial charge is 0.115 e. The molecule has 1 heteroatoms. The van der Waals surface area contributed by atoms with Crippen molar-refractivity contribution in [2.24, 2.45) is 0 Å². The van der Waals surface area contributed by atoms with Gasteiger partial charge in [-0.25, -0.2) is 0 Å². The molecule has 0 aliphatic rings. The second-order valence-corrected chi connectivity index (χ2v) is 1.51. The van der Waals surface area contributed by atoms with Gasteiger partial charge in [-0.05, 0) is 12.1 Å². The second-order valence-electron chi connectivity index (χ2n) is 1.51. The maximum atomic E-state index is 5.10. The van der Waals surface area contributed by atoms with Crippen molar-refractivity contribution in [2.45, 2.75) is 0 Å². The third-order valence-electron chi connectivity index (χ3n) is 0.940. The number of hydrogen-bond donors (Lipinski definition) is 1. The molecule has 0 amide bonds. The molecule has 0 unspecified atom stereocenters. The molecule has 1 rings (SSSR count). The molecule has 0 aromatic heterocycles. The van der Waals surface area contributed by atoms with E-state index in [0.29, 0.717) is 0 Å². The van der Waals surface area contributed by atoms with E-state index in [1.807, 2.05) is 30.3 Å². The summed E-state index contributed by atoms with van der Waals surface area (Å²) in [5.74, 6) is 2.53. The van der Waals surface area contributed by atoms with Gasteiger partial charge in [0.1, 0.15) is 0 Å². The summed E-state index contributed by atoms with van der Waals surface area (Å²) >= 11 is 0. The van der Waals surface area contributed by atoms with E-state index >= 15 is 0 Å². The number of terminal acetylenes is 1. The molecule has 0 saturated heterocycles. The standard InChI is InChI=1S/C8H6.HS/c1-2-8-6-4-3-5-7-8;/h1,3-7H;1H. The van der Waals surface area contributed by atoms with Gasteiger partial charge in [0.25, 0.3) is 0 Å². The maximum Gasteiger partial charge on any atom is 0.0242 e. The molecule has 0 N–H and O–H groups in total. The Bertz CT molecular complexity index is 196. The smallest absolute Gasteiger partial charge is 0.0242 e. The SMILES string of the molecule is C#Cc1ccccc1.[SH]. The van der Waals surface area contributed by atoms with Crippen LogP contribution in [0.25, 0.3) is 0 Å². The molecule has 1 aromatic carbocycles. The Morgan fingerprint density at radius 3 is 2.00 bits per heavy atom. The third kappa shape index (κ3) is 2.25. The van der Waals surface area contributed by atoms with Crippen LogP contribution < -0.4 is 0 Å². The van der Waals surface area contributed by atoms with Crippen LogP contribution in [0, 0.1) is 12.3 Å². The molecule has 0 spiro atoms. The van der Waals surface area contributed by atoms with E-state index in [1.54, 1.807) is 0 Å². The predicted octanol–water partition coefficient (Wildman–Crippen LogP) is 2.05. The summed E-state index contributed by atoms with van der Waals surface area (Å²) in [5.41, 5.74) is 0.938. The minimum atomic E-state index is 0. The molecule has 0 fully saturated rings. The lowest BCUT2D eigenvalue weighted by molar-refractivity contribution is 1.65. The van der Waals surface area contributed by atoms with Crippen molar-refractivity contribution in [1.29, 1.82) is 0 Å². The molecular weight excluding hydrogens is 128 g/mol. The molecule has 0 atom stereocenters. The van der Waals surface area contributed by atoms with Crippen molar-refractivity contribution >= 4 is 13.5 Å². The third-order valence-corrected chi connectivity index (χ3v) is 0.940. The van der Waals surface area contributed by atoms with E-state index in [4.69, 9.17) is 6.42 Å². The highest BCUT2D eigenvalue weighted by atomic mass is 32.1. The Balaban J connectivity index is 0.000000640. The Morgan fingerprint density at radius 2 is 1.67 bits per heavy atom. The van der Waals surface area contributed by atoms with Crippen LogP contribution in [0.3, 0.4) is 0 Å². The number of hydrogen-bond acceptors (Lipinski definition) is 0. The molecule has 9 heavy (non-hydrogen) atoms. The number of thiol groups is 1. The fourth-order valence-corrected chi connectivity index (χ4v) is 0.534. The molecule has 0 aliphatic heterocycles. The Hall–Kier alpha value is -0.870. The highest BCUT2D eigenvalue weighted by Crippen LogP contribution is 1.92. The summed E-state index contributed by atoms with van der Waals surface area (Å²) in [5, 5.41) is 0. The summed E-state index contributed by atoms with van der Waals surface area (Å²) in [4.78, 5) is 0. The van der Waals surface area contributed by atoms with Crippen molar-refractivity contribution in [2.75, 3.05) is 0 Å². The lowest BCUT2D eigenvalue weighted by Gasteiger charge is -1.82. The first kappa shape index (κ1) is 8.13. The quantitative estimate of drug-likeness (QED) is 0.408. The number of rotatable bonds is 0. The maximum absolute atomic E-state index is 5.10. The molecule has 1 radical (unpaired) electrons. The first-order chi connectivity index (χ1) is 3.93. The molecular formula is C8H7S. The van der Waals surface area contributed by atoms with Crippen molar-refractivity contribution in [3.63, 3.8) is 0 Å². The first-order valence-electron chi connectivity index (χ1n) is 2.45. The van der Waals surface area contributed by atoms with Crippen molar-refractivity contribution in [3.8, 4) is 12.3 Å². The normalized spacial score (nSPS) is 7.00. The summed E-state index contributed by atoms with van der Waals surface area (Å²) in [6.07, 6.45) is 5.10. The molecule has 1 aromatic rings. The van der Waals surface area contributed by atoms with Crippen molar-refractivity contribution in [1.82, 2.24) is 0 Å². The molecule has 45 valence electrons. The summed E-state index contributed by atoms with van der Waals surface area (Å²) in [7, 11) is 0. The van der Waals surface area contributed by atoms with Crippen LogP contribution in [-0.4, -0.2) is 0 Å². The fourth-order valence-electron chi connectivity index (χ4n) is 0.534. The monoisotopic (exact) mass is 135 g/mol. The topological polar surface area (TPSA) is 0 Å². The molecule has 0 bridgehead atoms. The van der Waals surface area contributed by atoms with Gasteiger partial charge in [0, 0.05) is 5.56 Å². The fraction of sp³-hybridized carbons (Fsp3) is 0. The van der Waals surface area contributed by atoms with Gasteiger partial charge in [-0.15, -0.1) is 19.9 Å². The highest BCUT2D eigenvalue weighted by Gasteiger charge is 1.76. The van der Waals surface area contributed by atoms with Gasteiger partial charge in [-0.2, -0.15) is 0 Å². The van der Waals surface area contributed by atoms with Crippen LogP contribution >= 0.6 is 13.5 Å². The van der Waals surface area contributed by atoms with Gasteiger partial charge in [0.15, 0.2) is 0 Å². The van der Waals surface area contributed by atoms with Gasteiger partial charge in [0.2, 0.25) is 0 Å². The first-order valence-corrected chi connectivity index (χ1v) is 2.45. The second kappa shape index (κ2) is 4.05. The zero-order valence-electron chi connectivity index (χ0n) is 4.91. The van der Waals surface area contributed by atoms with Crippen molar-refractivity contribution in [3.05, 3.63) is 35.9 Å². The van der Waals surface area contributed by atoms with Crippen LogP contribution in [0.2, 0.25) is 0 Å². The Labute approximate surface area is 62.4 Å². The van der Waals surface area contributed by atoms with E-state index in [1.165, 1.54) is 0 Å². The summed E-state index contributed by atoms with van der Waals surface area (Å²) in [6.45, 7) is 0. The zero-order valence-corrected chi connectivity index (χ0v) is 5.81. The van der Waals surface area contributed by atoms with Crippen LogP contribution in [0.4, 0.5) is 0 Å². The Kier molecular flexibility index (Phi) is 3.66. The zero-order chi connectivity index (χ0) is 5.82. The average Bonchev–Trinajstić information content (AvgIpc) is 1.90. The molecule has 0 heterocycles. The minimum Gasteiger partial charge on any atom is -0.115 e. The molecule has 0 saturated carbocycles. The van der Waals surface area contributed by atoms with Crippen LogP contribution in [-0.2, 0) is 0 Å². The van der Waals surface area contributed by atoms with Gasteiger partial charge in [-0.3, -0.25) is 0 Å². The van der Waals surface area contributed by atoms with E-state index in [-0.39, 0.29) is 13.5 Å². The van der Waals surface area contributed by atoms with Crippen molar-refractivity contribution < 1.29 is 0 Å². The van der Waals surface area contributed by atoms with Crippen LogP contribution in [0.15, 0.2) is 30.3 Å². The van der Waals surface area contributed by atoms with E-state index in [2.05, 4.69) is 5.92 Å². The molecule has 0 aliphatic carbocycles. The average molecular weight is 135 g/mol. The lowest BCUT2D eigenvalue weighted by atomic mass is 10.2. The van der Waals surface area contributed by atoms with E-state index in [9.17, 15) is 0 Å². The van der Waals surface area contributed by atoms with Gasteiger partial charge in [0.05, 0.1) is 0 Å². The van der Waals surface area contributed by atoms with Gasteiger partial charge in [-0.1, -0.05) is 24.1 Å².